The van der Waals surface area contributed by atoms with Gasteiger partial charge in [-0.15, -0.1) is 0 Å². The van der Waals surface area contributed by atoms with Gasteiger partial charge in [0.15, 0.2) is 14.8 Å². The number of benzene rings is 1. The number of nitrogens with one attached hydrogen (secondary N) is 1. The molecule has 1 aromatic carbocycles. The van der Waals surface area contributed by atoms with Crippen molar-refractivity contribution in [3.05, 3.63) is 52.1 Å². The Morgan fingerprint density at radius 2 is 2.00 bits per heavy atom. The second-order valence-corrected chi connectivity index (χ2v) is 8.61. The van der Waals surface area contributed by atoms with Crippen LogP contribution in [-0.4, -0.2) is 25.6 Å². The van der Waals surface area contributed by atoms with Crippen LogP contribution in [0.15, 0.2) is 40.6 Å². The van der Waals surface area contributed by atoms with Gasteiger partial charge in [-0.25, -0.2) is 8.42 Å². The van der Waals surface area contributed by atoms with E-state index < -0.39 is 14.8 Å². The molecule has 6 nitrogen and oxygen atoms in total. The zero-order valence-corrected chi connectivity index (χ0v) is 13.4. The maximum atomic E-state index is 11.6. The molecule has 1 aliphatic rings. The van der Waals surface area contributed by atoms with Gasteiger partial charge in [-0.2, -0.15) is 0 Å². The monoisotopic (exact) mass is 338 g/mol. The molecule has 2 aromatic rings. The van der Waals surface area contributed by atoms with Gasteiger partial charge < -0.3 is 5.32 Å². The van der Waals surface area contributed by atoms with E-state index in [1.807, 2.05) is 30.3 Å². The molecule has 3 rings (SSSR count). The van der Waals surface area contributed by atoms with Crippen LogP contribution in [0.3, 0.4) is 0 Å². The number of anilines is 1. The first-order chi connectivity index (χ1) is 10.4. The van der Waals surface area contributed by atoms with E-state index in [0.29, 0.717) is 10.9 Å². The highest BCUT2D eigenvalue weighted by atomic mass is 32.2. The average Bonchev–Trinajstić information content (AvgIpc) is 3.06. The van der Waals surface area contributed by atoms with Crippen molar-refractivity contribution in [2.24, 2.45) is 0 Å². The summed E-state index contributed by atoms with van der Waals surface area (Å²) in [4.78, 5) is 10.5. The predicted molar refractivity (Wildman–Crippen MR) is 85.3 cm³/mol. The third kappa shape index (κ3) is 2.97. The quantitative estimate of drug-likeness (QED) is 0.668. The molecule has 0 bridgehead atoms. The summed E-state index contributed by atoms with van der Waals surface area (Å²) in [5.41, 5.74) is 1.01. The molecule has 22 heavy (non-hydrogen) atoms. The minimum Gasteiger partial charge on any atom is -0.368 e. The Balaban J connectivity index is 1.82. The van der Waals surface area contributed by atoms with E-state index in [4.69, 9.17) is 0 Å². The van der Waals surface area contributed by atoms with Crippen molar-refractivity contribution in [3.8, 4) is 0 Å². The number of hydrogen-bond donors (Lipinski definition) is 1. The summed E-state index contributed by atoms with van der Waals surface area (Å²) in [6.45, 7) is 0. The molecule has 0 saturated heterocycles. The van der Waals surface area contributed by atoms with Gasteiger partial charge in [-0.1, -0.05) is 41.7 Å². The molecule has 2 atom stereocenters. The van der Waals surface area contributed by atoms with E-state index in [-0.39, 0.29) is 15.9 Å². The van der Waals surface area contributed by atoms with Crippen molar-refractivity contribution >= 4 is 31.9 Å². The van der Waals surface area contributed by atoms with E-state index in [2.05, 4.69) is 5.32 Å². The Morgan fingerprint density at radius 3 is 2.59 bits per heavy atom. The van der Waals surface area contributed by atoms with Gasteiger partial charge in [-0.05, 0) is 12.0 Å². The summed E-state index contributed by atoms with van der Waals surface area (Å²) in [5.74, 6) is 0.310. The van der Waals surface area contributed by atoms with Gasteiger partial charge in [0.25, 0.3) is 0 Å². The van der Waals surface area contributed by atoms with Crippen molar-refractivity contribution in [2.75, 3.05) is 11.6 Å². The molecule has 1 aromatic heterocycles. The van der Waals surface area contributed by atoms with Crippen LogP contribution in [0.1, 0.15) is 17.9 Å². The molecule has 8 heteroatoms. The molecule has 1 saturated carbocycles. The first-order valence-corrected chi connectivity index (χ1v) is 9.37. The first-order valence-electron chi connectivity index (χ1n) is 6.66. The SMILES string of the molecule is CS(=O)(=O)c1cc([N+](=O)[O-])c(NC2CC2c2ccccc2)s1. The van der Waals surface area contributed by atoms with Crippen LogP contribution in [-0.2, 0) is 9.84 Å². The topological polar surface area (TPSA) is 89.3 Å². The van der Waals surface area contributed by atoms with Gasteiger partial charge >= 0.3 is 5.69 Å². The summed E-state index contributed by atoms with van der Waals surface area (Å²) in [6.07, 6.45) is 1.93. The van der Waals surface area contributed by atoms with Gasteiger partial charge in [0.2, 0.25) is 0 Å². The molecule has 0 radical (unpaired) electrons. The van der Waals surface area contributed by atoms with E-state index >= 15 is 0 Å². The van der Waals surface area contributed by atoms with E-state index in [1.165, 1.54) is 5.56 Å². The molecule has 2 unspecified atom stereocenters. The Labute approximate surface area is 131 Å². The first kappa shape index (κ1) is 15.0. The Kier molecular flexibility index (Phi) is 3.65. The number of nitrogens with zero attached hydrogens (tertiary/aromatic N) is 1. The van der Waals surface area contributed by atoms with Crippen LogP contribution in [0, 0.1) is 10.1 Å². The molecule has 1 N–H and O–H groups in total. The average molecular weight is 338 g/mol. The largest absolute Gasteiger partial charge is 0.368 e. The molecule has 0 aliphatic heterocycles. The van der Waals surface area contributed by atoms with Crippen LogP contribution < -0.4 is 5.32 Å². The lowest BCUT2D eigenvalue weighted by Crippen LogP contribution is -2.04. The van der Waals surface area contributed by atoms with E-state index in [9.17, 15) is 18.5 Å². The zero-order valence-electron chi connectivity index (χ0n) is 11.7. The van der Waals surface area contributed by atoms with Crippen LogP contribution >= 0.6 is 11.3 Å². The van der Waals surface area contributed by atoms with Gasteiger partial charge in [0, 0.05) is 24.3 Å². The lowest BCUT2D eigenvalue weighted by molar-refractivity contribution is -0.383. The minimum absolute atomic E-state index is 0.0126. The van der Waals surface area contributed by atoms with Gasteiger partial charge in [-0.3, -0.25) is 10.1 Å². The molecule has 116 valence electrons. The number of rotatable bonds is 5. The highest BCUT2D eigenvalue weighted by Gasteiger charge is 2.40. The fourth-order valence-corrected chi connectivity index (χ4v) is 4.37. The molecule has 0 amide bonds. The predicted octanol–water partition coefficient (Wildman–Crippen LogP) is 3.03. The van der Waals surface area contributed by atoms with Crippen LogP contribution in [0.5, 0.6) is 0 Å². The zero-order chi connectivity index (χ0) is 15.9. The Bertz CT molecular complexity index is 815. The maximum Gasteiger partial charge on any atom is 0.304 e. The lowest BCUT2D eigenvalue weighted by Gasteiger charge is -2.03. The van der Waals surface area contributed by atoms with Crippen molar-refractivity contribution in [3.63, 3.8) is 0 Å². The van der Waals surface area contributed by atoms with Crippen LogP contribution in [0.2, 0.25) is 0 Å². The molecular weight excluding hydrogens is 324 g/mol. The van der Waals surface area contributed by atoms with Crippen LogP contribution in [0.4, 0.5) is 10.7 Å². The molecule has 1 fully saturated rings. The maximum absolute atomic E-state index is 11.6. The fraction of sp³-hybridized carbons (Fsp3) is 0.286. The summed E-state index contributed by atoms with van der Waals surface area (Å²) in [7, 11) is -3.45. The lowest BCUT2D eigenvalue weighted by atomic mass is 10.1. The Hall–Kier alpha value is -1.93. The highest BCUT2D eigenvalue weighted by Crippen LogP contribution is 2.46. The number of hydrogen-bond acceptors (Lipinski definition) is 6. The summed E-state index contributed by atoms with van der Waals surface area (Å²) in [6, 6.07) is 11.1. The smallest absolute Gasteiger partial charge is 0.304 e. The van der Waals surface area contributed by atoms with Crippen LogP contribution in [0.25, 0.3) is 0 Å². The molecule has 1 aliphatic carbocycles. The third-order valence-electron chi connectivity index (χ3n) is 3.59. The van der Waals surface area contributed by atoms with Gasteiger partial charge in [0.05, 0.1) is 4.92 Å². The minimum atomic E-state index is -3.45. The highest BCUT2D eigenvalue weighted by molar-refractivity contribution is 7.92. The van der Waals surface area contributed by atoms with E-state index in [1.54, 1.807) is 0 Å². The summed E-state index contributed by atoms with van der Waals surface area (Å²) in [5, 5.41) is 14.5. The van der Waals surface area contributed by atoms with Crippen molar-refractivity contribution < 1.29 is 13.3 Å². The van der Waals surface area contributed by atoms with Crippen molar-refractivity contribution in [2.45, 2.75) is 22.6 Å². The van der Waals surface area contributed by atoms with Gasteiger partial charge in [0.1, 0.15) is 4.21 Å². The second kappa shape index (κ2) is 5.36. The fourth-order valence-electron chi connectivity index (χ4n) is 2.37. The summed E-state index contributed by atoms with van der Waals surface area (Å²) >= 11 is 0.920. The molecule has 1 heterocycles. The summed E-state index contributed by atoms with van der Waals surface area (Å²) < 4.78 is 23.1. The molecular formula is C14H14N2O4S2. The molecule has 0 spiro atoms. The van der Waals surface area contributed by atoms with E-state index in [0.717, 1.165) is 30.1 Å². The Morgan fingerprint density at radius 1 is 1.32 bits per heavy atom. The number of sulfone groups is 1. The standard InChI is InChI=1S/C14H14N2O4S2/c1-22(19,20)13-8-12(16(17)18)14(21-13)15-11-7-10(11)9-5-3-2-4-6-9/h2-6,8,10-11,15H,7H2,1H3. The van der Waals surface area contributed by atoms with Crippen molar-refractivity contribution in [1.82, 2.24) is 0 Å². The number of nitro groups is 1. The van der Waals surface area contributed by atoms with Crippen molar-refractivity contribution in [1.29, 1.82) is 0 Å². The second-order valence-electron chi connectivity index (χ2n) is 5.31. The number of thiophene rings is 1. The normalized spacial score (nSPS) is 20.6. The third-order valence-corrected chi connectivity index (χ3v) is 6.44.